The summed E-state index contributed by atoms with van der Waals surface area (Å²) in [6.45, 7) is 2.13. The van der Waals surface area contributed by atoms with Crippen LogP contribution >= 0.6 is 0 Å². The lowest BCUT2D eigenvalue weighted by molar-refractivity contribution is 0.0742. The molecule has 45 heavy (non-hydrogen) atoms. The van der Waals surface area contributed by atoms with Crippen molar-refractivity contribution >= 4 is 11.8 Å². The Hall–Kier alpha value is -4.73. The molecule has 1 fully saturated rings. The minimum atomic E-state index is -0.952. The Morgan fingerprint density at radius 3 is 2.33 bits per heavy atom. The van der Waals surface area contributed by atoms with Gasteiger partial charge in [0, 0.05) is 30.8 Å². The van der Waals surface area contributed by atoms with Gasteiger partial charge in [0.15, 0.2) is 0 Å². The average Bonchev–Trinajstić information content (AvgIpc) is 3.87. The van der Waals surface area contributed by atoms with Crippen molar-refractivity contribution in [3.05, 3.63) is 135 Å². The Morgan fingerprint density at radius 2 is 1.67 bits per heavy atom. The van der Waals surface area contributed by atoms with Gasteiger partial charge in [-0.1, -0.05) is 72.8 Å². The molecule has 234 valence electrons. The van der Waals surface area contributed by atoms with E-state index in [2.05, 4.69) is 15.6 Å². The molecule has 0 spiro atoms. The molecule has 4 N–H and O–H groups in total. The van der Waals surface area contributed by atoms with Gasteiger partial charge in [-0.2, -0.15) is 0 Å². The molecule has 1 aromatic heterocycles. The SMILES string of the molecule is COc1cccc(C2(NC[C@@H](O)[C@H](Cc3ccccc3)NC(=O)c3cc(C(=O)N(C)[C@H](C)c4ccccc4)cc(=O)[nH]3)CC2)c1. The van der Waals surface area contributed by atoms with E-state index in [0.29, 0.717) is 6.42 Å². The van der Waals surface area contributed by atoms with Gasteiger partial charge in [-0.3, -0.25) is 14.4 Å². The molecule has 0 radical (unpaired) electrons. The summed E-state index contributed by atoms with van der Waals surface area (Å²) in [5, 5.41) is 17.9. The first-order valence-electron chi connectivity index (χ1n) is 15.2. The zero-order valence-corrected chi connectivity index (χ0v) is 25.8. The van der Waals surface area contributed by atoms with Crippen LogP contribution in [-0.2, 0) is 12.0 Å². The Labute approximate surface area is 263 Å². The van der Waals surface area contributed by atoms with Crippen molar-refractivity contribution in [3.8, 4) is 5.75 Å². The number of aliphatic hydroxyl groups is 1. The molecule has 0 saturated heterocycles. The maximum absolute atomic E-state index is 13.6. The second-order valence-electron chi connectivity index (χ2n) is 11.7. The molecule has 4 aromatic rings. The zero-order valence-electron chi connectivity index (χ0n) is 25.8. The minimum Gasteiger partial charge on any atom is -0.497 e. The molecule has 1 saturated carbocycles. The van der Waals surface area contributed by atoms with Crippen molar-refractivity contribution in [1.29, 1.82) is 0 Å². The lowest BCUT2D eigenvalue weighted by Gasteiger charge is -2.27. The number of H-pyrrole nitrogens is 1. The van der Waals surface area contributed by atoms with Gasteiger partial charge in [-0.25, -0.2) is 0 Å². The van der Waals surface area contributed by atoms with Crippen molar-refractivity contribution in [1.82, 2.24) is 20.5 Å². The average molecular weight is 609 g/mol. The lowest BCUT2D eigenvalue weighted by Crippen LogP contribution is -2.50. The van der Waals surface area contributed by atoms with E-state index < -0.39 is 23.6 Å². The third-order valence-electron chi connectivity index (χ3n) is 8.62. The molecule has 1 aliphatic carbocycles. The summed E-state index contributed by atoms with van der Waals surface area (Å²) in [6, 6.07) is 28.7. The summed E-state index contributed by atoms with van der Waals surface area (Å²) >= 11 is 0. The van der Waals surface area contributed by atoms with Crippen LogP contribution in [0.1, 0.15) is 63.3 Å². The number of hydrogen-bond acceptors (Lipinski definition) is 6. The van der Waals surface area contributed by atoms with E-state index in [4.69, 9.17) is 4.74 Å². The first-order chi connectivity index (χ1) is 21.7. The fraction of sp³-hybridized carbons (Fsp3) is 0.306. The van der Waals surface area contributed by atoms with Crippen molar-refractivity contribution in [2.75, 3.05) is 20.7 Å². The Kier molecular flexibility index (Phi) is 9.80. The van der Waals surface area contributed by atoms with Crippen LogP contribution in [0.4, 0.5) is 0 Å². The highest BCUT2D eigenvalue weighted by Crippen LogP contribution is 2.46. The fourth-order valence-corrected chi connectivity index (χ4v) is 5.58. The second kappa shape index (κ2) is 13.9. The third-order valence-corrected chi connectivity index (χ3v) is 8.62. The Morgan fingerprint density at radius 1 is 0.978 bits per heavy atom. The molecule has 2 amide bonds. The Balaban J connectivity index is 1.32. The zero-order chi connectivity index (χ0) is 32.0. The standard InChI is InChI=1S/C36H40N4O5/c1-24(26-13-8-5-9-14-26)40(2)35(44)27-20-31(38-33(42)21-27)34(43)39-30(19-25-11-6-4-7-12-25)32(41)23-37-36(17-18-36)28-15-10-16-29(22-28)45-3/h4-16,20-22,24,30,32,37,41H,17-19,23H2,1-3H3,(H,38,42)(H,39,43)/t24-,30+,32-/m1/s1. The molecule has 3 atom stereocenters. The number of carbonyl (C=O) groups excluding carboxylic acids is 2. The number of ether oxygens (including phenoxy) is 1. The highest BCUT2D eigenvalue weighted by molar-refractivity contribution is 5.98. The van der Waals surface area contributed by atoms with E-state index in [1.54, 1.807) is 14.2 Å². The van der Waals surface area contributed by atoms with E-state index in [9.17, 15) is 19.5 Å². The van der Waals surface area contributed by atoms with Crippen LogP contribution < -0.4 is 20.9 Å². The summed E-state index contributed by atoms with van der Waals surface area (Å²) in [5.41, 5.74) is 2.18. The van der Waals surface area contributed by atoms with Crippen LogP contribution in [0.3, 0.4) is 0 Å². The largest absolute Gasteiger partial charge is 0.497 e. The van der Waals surface area contributed by atoms with Crippen molar-refractivity contribution < 1.29 is 19.4 Å². The number of benzene rings is 3. The first kappa shape index (κ1) is 31.7. The second-order valence-corrected chi connectivity index (χ2v) is 11.7. The normalized spacial score (nSPS) is 15.4. The summed E-state index contributed by atoms with van der Waals surface area (Å²) < 4.78 is 5.40. The quantitative estimate of drug-likeness (QED) is 0.181. The van der Waals surface area contributed by atoms with E-state index in [1.165, 1.54) is 17.0 Å². The van der Waals surface area contributed by atoms with Gasteiger partial charge in [0.1, 0.15) is 11.4 Å². The number of methoxy groups -OCH3 is 1. The molecule has 9 nitrogen and oxygen atoms in total. The van der Waals surface area contributed by atoms with Crippen LogP contribution in [-0.4, -0.2) is 59.7 Å². The summed E-state index contributed by atoms with van der Waals surface area (Å²) in [6.07, 6.45) is 1.25. The van der Waals surface area contributed by atoms with Crippen LogP contribution in [0.15, 0.2) is 102 Å². The van der Waals surface area contributed by atoms with E-state index in [0.717, 1.165) is 35.3 Å². The first-order valence-corrected chi connectivity index (χ1v) is 15.2. The molecule has 5 rings (SSSR count). The van der Waals surface area contributed by atoms with Gasteiger partial charge >= 0.3 is 0 Å². The number of pyridine rings is 1. The van der Waals surface area contributed by atoms with Crippen molar-refractivity contribution in [3.63, 3.8) is 0 Å². The van der Waals surface area contributed by atoms with Crippen LogP contribution in [0.25, 0.3) is 0 Å². The third kappa shape index (κ3) is 7.68. The number of hydrogen-bond donors (Lipinski definition) is 4. The van der Waals surface area contributed by atoms with E-state index in [1.807, 2.05) is 91.9 Å². The number of amides is 2. The Bertz CT molecular complexity index is 1670. The number of aromatic amines is 1. The summed E-state index contributed by atoms with van der Waals surface area (Å²) in [7, 11) is 3.30. The van der Waals surface area contributed by atoms with E-state index >= 15 is 0 Å². The van der Waals surface area contributed by atoms with E-state index in [-0.39, 0.29) is 35.3 Å². The van der Waals surface area contributed by atoms with Gasteiger partial charge in [0.05, 0.1) is 25.3 Å². The molecule has 0 unspecified atom stereocenters. The maximum atomic E-state index is 13.6. The predicted octanol–water partition coefficient (Wildman–Crippen LogP) is 4.20. The molecular formula is C36H40N4O5. The van der Waals surface area contributed by atoms with Gasteiger partial charge in [0.2, 0.25) is 5.56 Å². The highest BCUT2D eigenvalue weighted by atomic mass is 16.5. The highest BCUT2D eigenvalue weighted by Gasteiger charge is 2.44. The van der Waals surface area contributed by atoms with Crippen LogP contribution in [0.2, 0.25) is 0 Å². The van der Waals surface area contributed by atoms with Crippen molar-refractivity contribution in [2.45, 2.75) is 49.9 Å². The predicted molar refractivity (Wildman–Crippen MR) is 173 cm³/mol. The summed E-state index contributed by atoms with van der Waals surface area (Å²) in [4.78, 5) is 43.7. The molecule has 3 aromatic carbocycles. The minimum absolute atomic E-state index is 0.0557. The molecule has 9 heteroatoms. The molecule has 0 aliphatic heterocycles. The molecule has 0 bridgehead atoms. The van der Waals surface area contributed by atoms with Gasteiger partial charge in [0.25, 0.3) is 11.8 Å². The molecule has 1 aliphatic rings. The number of aromatic nitrogens is 1. The van der Waals surface area contributed by atoms with Crippen LogP contribution in [0, 0.1) is 0 Å². The van der Waals surface area contributed by atoms with Gasteiger partial charge < -0.3 is 30.4 Å². The number of carbonyl (C=O) groups is 2. The topological polar surface area (TPSA) is 124 Å². The van der Waals surface area contributed by atoms with Gasteiger partial charge in [-0.15, -0.1) is 0 Å². The molecule has 1 heterocycles. The van der Waals surface area contributed by atoms with Gasteiger partial charge in [-0.05, 0) is 61.1 Å². The monoisotopic (exact) mass is 608 g/mol. The number of nitrogens with zero attached hydrogens (tertiary/aromatic N) is 1. The lowest BCUT2D eigenvalue weighted by atomic mass is 9.99. The fourth-order valence-electron chi connectivity index (χ4n) is 5.58. The van der Waals surface area contributed by atoms with Crippen LogP contribution in [0.5, 0.6) is 5.75 Å². The molecular weight excluding hydrogens is 568 g/mol. The number of aliphatic hydroxyl groups excluding tert-OH is 1. The summed E-state index contributed by atoms with van der Waals surface area (Å²) in [5.74, 6) is -0.205. The van der Waals surface area contributed by atoms with Crippen molar-refractivity contribution in [2.24, 2.45) is 0 Å². The maximum Gasteiger partial charge on any atom is 0.268 e. The number of nitrogens with one attached hydrogen (secondary N) is 3. The number of rotatable bonds is 13. The smallest absolute Gasteiger partial charge is 0.268 e.